The summed E-state index contributed by atoms with van der Waals surface area (Å²) < 4.78 is 34.5. The molecule has 0 saturated heterocycles. The Bertz CT molecular complexity index is 858. The quantitative estimate of drug-likeness (QED) is 0.645. The molecule has 0 aliphatic carbocycles. The van der Waals surface area contributed by atoms with Crippen molar-refractivity contribution in [2.45, 2.75) is 19.8 Å². The average Bonchev–Trinajstić information content (AvgIpc) is 2.71. The van der Waals surface area contributed by atoms with Crippen LogP contribution in [0, 0.1) is 12.7 Å². The molecule has 0 aliphatic heterocycles. The molecule has 0 aliphatic rings. The highest BCUT2D eigenvalue weighted by Crippen LogP contribution is 2.38. The molecule has 0 unspecified atom stereocenters. The molecule has 7 nitrogen and oxygen atoms in total. The molecule has 0 radical (unpaired) electrons. The second-order valence-corrected chi connectivity index (χ2v) is 6.23. The third kappa shape index (κ3) is 6.10. The molecule has 0 atom stereocenters. The molecule has 2 aromatic carbocycles. The van der Waals surface area contributed by atoms with E-state index in [2.05, 4.69) is 5.32 Å². The van der Waals surface area contributed by atoms with Crippen molar-refractivity contribution < 1.29 is 32.9 Å². The van der Waals surface area contributed by atoms with Crippen LogP contribution in [0.4, 0.5) is 10.1 Å². The number of methoxy groups -OCH3 is 3. The summed E-state index contributed by atoms with van der Waals surface area (Å²) in [4.78, 5) is 23.8. The Kier molecular flexibility index (Phi) is 7.82. The number of anilines is 1. The molecule has 1 N–H and O–H groups in total. The molecule has 2 rings (SSSR count). The summed E-state index contributed by atoms with van der Waals surface area (Å²) in [7, 11) is 4.51. The van der Waals surface area contributed by atoms with Crippen LogP contribution in [0.2, 0.25) is 0 Å². The number of amides is 1. The number of benzene rings is 2. The van der Waals surface area contributed by atoms with Crippen LogP contribution in [0.5, 0.6) is 17.2 Å². The standard InChI is InChI=1S/C21H24FNO6/c1-13-5-7-16(15(22)9-13)23-19(24)12-29-20(25)8-6-14-10-17(26-2)21(28-4)18(11-14)27-3/h5,7,9-11H,6,8,12H2,1-4H3,(H,23,24). The van der Waals surface area contributed by atoms with E-state index in [9.17, 15) is 14.0 Å². The Morgan fingerprint density at radius 1 is 1.00 bits per heavy atom. The number of aryl methyl sites for hydroxylation is 2. The zero-order chi connectivity index (χ0) is 21.4. The Labute approximate surface area is 168 Å². The van der Waals surface area contributed by atoms with Gasteiger partial charge in [-0.3, -0.25) is 9.59 Å². The number of hydrogen-bond donors (Lipinski definition) is 1. The van der Waals surface area contributed by atoms with E-state index in [0.717, 1.165) is 11.1 Å². The molecule has 0 spiro atoms. The van der Waals surface area contributed by atoms with Gasteiger partial charge in [0.2, 0.25) is 5.75 Å². The first-order valence-electron chi connectivity index (χ1n) is 8.88. The minimum absolute atomic E-state index is 0.0362. The van der Waals surface area contributed by atoms with E-state index in [0.29, 0.717) is 23.7 Å². The lowest BCUT2D eigenvalue weighted by Gasteiger charge is -2.14. The summed E-state index contributed by atoms with van der Waals surface area (Å²) in [6, 6.07) is 7.90. The van der Waals surface area contributed by atoms with Gasteiger partial charge in [0, 0.05) is 6.42 Å². The molecule has 29 heavy (non-hydrogen) atoms. The second-order valence-electron chi connectivity index (χ2n) is 6.23. The number of carbonyl (C=O) groups excluding carboxylic acids is 2. The molecule has 0 aromatic heterocycles. The van der Waals surface area contributed by atoms with E-state index in [-0.39, 0.29) is 12.1 Å². The van der Waals surface area contributed by atoms with Gasteiger partial charge in [-0.2, -0.15) is 0 Å². The molecule has 8 heteroatoms. The van der Waals surface area contributed by atoms with Gasteiger partial charge in [-0.25, -0.2) is 4.39 Å². The van der Waals surface area contributed by atoms with E-state index in [1.807, 2.05) is 0 Å². The van der Waals surface area contributed by atoms with Gasteiger partial charge >= 0.3 is 5.97 Å². The maximum absolute atomic E-state index is 13.7. The number of rotatable bonds is 9. The lowest BCUT2D eigenvalue weighted by Crippen LogP contribution is -2.21. The molecule has 156 valence electrons. The van der Waals surface area contributed by atoms with E-state index in [1.54, 1.807) is 25.1 Å². The maximum atomic E-state index is 13.7. The minimum atomic E-state index is -0.617. The lowest BCUT2D eigenvalue weighted by molar-refractivity contribution is -0.147. The van der Waals surface area contributed by atoms with Crippen molar-refractivity contribution in [3.63, 3.8) is 0 Å². The largest absolute Gasteiger partial charge is 0.493 e. The van der Waals surface area contributed by atoms with Crippen LogP contribution in [0.1, 0.15) is 17.5 Å². The zero-order valence-corrected chi connectivity index (χ0v) is 16.8. The van der Waals surface area contributed by atoms with Crippen molar-refractivity contribution >= 4 is 17.6 Å². The molecule has 0 bridgehead atoms. The fourth-order valence-electron chi connectivity index (χ4n) is 2.65. The van der Waals surface area contributed by atoms with Crippen LogP contribution in [0.25, 0.3) is 0 Å². The van der Waals surface area contributed by atoms with Crippen molar-refractivity contribution in [1.82, 2.24) is 0 Å². The third-order valence-corrected chi connectivity index (χ3v) is 4.11. The lowest BCUT2D eigenvalue weighted by atomic mass is 10.1. The van der Waals surface area contributed by atoms with Gasteiger partial charge in [0.05, 0.1) is 27.0 Å². The third-order valence-electron chi connectivity index (χ3n) is 4.11. The monoisotopic (exact) mass is 405 g/mol. The fraction of sp³-hybridized carbons (Fsp3) is 0.333. The SMILES string of the molecule is COc1cc(CCC(=O)OCC(=O)Nc2ccc(C)cc2F)cc(OC)c1OC. The van der Waals surface area contributed by atoms with Crippen molar-refractivity contribution in [3.05, 3.63) is 47.3 Å². The maximum Gasteiger partial charge on any atom is 0.306 e. The number of ether oxygens (including phenoxy) is 4. The molecular weight excluding hydrogens is 381 g/mol. The molecule has 0 saturated carbocycles. The first kappa shape index (κ1) is 22.0. The van der Waals surface area contributed by atoms with Crippen molar-refractivity contribution in [1.29, 1.82) is 0 Å². The molecule has 2 aromatic rings. The van der Waals surface area contributed by atoms with Crippen LogP contribution in [-0.2, 0) is 20.7 Å². The first-order valence-corrected chi connectivity index (χ1v) is 8.88. The number of halogens is 1. The first-order chi connectivity index (χ1) is 13.9. The van der Waals surface area contributed by atoms with Gasteiger partial charge in [0.15, 0.2) is 18.1 Å². The Hall–Kier alpha value is -3.29. The predicted octanol–water partition coefficient (Wildman–Crippen LogP) is 3.27. The average molecular weight is 405 g/mol. The predicted molar refractivity (Wildman–Crippen MR) is 105 cm³/mol. The Morgan fingerprint density at radius 2 is 1.66 bits per heavy atom. The van der Waals surface area contributed by atoms with Crippen molar-refractivity contribution in [2.24, 2.45) is 0 Å². The summed E-state index contributed by atoms with van der Waals surface area (Å²) >= 11 is 0. The van der Waals surface area contributed by atoms with Crippen LogP contribution in [0.3, 0.4) is 0 Å². The van der Waals surface area contributed by atoms with Gasteiger partial charge in [-0.1, -0.05) is 6.07 Å². The molecular formula is C21H24FNO6. The second kappa shape index (κ2) is 10.3. The number of esters is 1. The summed E-state index contributed by atoms with van der Waals surface area (Å²) in [5.74, 6) is -0.301. The van der Waals surface area contributed by atoms with E-state index >= 15 is 0 Å². The minimum Gasteiger partial charge on any atom is -0.493 e. The number of carbonyl (C=O) groups is 2. The van der Waals surface area contributed by atoms with E-state index in [4.69, 9.17) is 18.9 Å². The van der Waals surface area contributed by atoms with Gasteiger partial charge < -0.3 is 24.3 Å². The van der Waals surface area contributed by atoms with Gasteiger partial charge in [-0.05, 0) is 48.7 Å². The van der Waals surface area contributed by atoms with Crippen LogP contribution < -0.4 is 19.5 Å². The molecule has 0 fully saturated rings. The van der Waals surface area contributed by atoms with Gasteiger partial charge in [0.25, 0.3) is 5.91 Å². The summed E-state index contributed by atoms with van der Waals surface area (Å²) in [6.07, 6.45) is 0.397. The highest BCUT2D eigenvalue weighted by atomic mass is 19.1. The Balaban J connectivity index is 1.87. The Morgan fingerprint density at radius 3 is 2.21 bits per heavy atom. The normalized spacial score (nSPS) is 10.2. The fourth-order valence-corrected chi connectivity index (χ4v) is 2.65. The van der Waals surface area contributed by atoms with Crippen molar-refractivity contribution in [3.8, 4) is 17.2 Å². The topological polar surface area (TPSA) is 83.1 Å². The highest BCUT2D eigenvalue weighted by Gasteiger charge is 2.15. The molecule has 1 amide bonds. The van der Waals surface area contributed by atoms with Gasteiger partial charge in [-0.15, -0.1) is 0 Å². The molecule has 0 heterocycles. The number of hydrogen-bond acceptors (Lipinski definition) is 6. The van der Waals surface area contributed by atoms with Crippen LogP contribution >= 0.6 is 0 Å². The van der Waals surface area contributed by atoms with Crippen LogP contribution in [-0.4, -0.2) is 39.8 Å². The van der Waals surface area contributed by atoms with Crippen molar-refractivity contribution in [2.75, 3.05) is 33.3 Å². The van der Waals surface area contributed by atoms with E-state index < -0.39 is 24.3 Å². The summed E-state index contributed by atoms with van der Waals surface area (Å²) in [5, 5.41) is 2.37. The van der Waals surface area contributed by atoms with E-state index in [1.165, 1.54) is 33.5 Å². The highest BCUT2D eigenvalue weighted by molar-refractivity contribution is 5.92. The van der Waals surface area contributed by atoms with Gasteiger partial charge in [0.1, 0.15) is 5.82 Å². The van der Waals surface area contributed by atoms with Crippen LogP contribution in [0.15, 0.2) is 30.3 Å². The summed E-state index contributed by atoms with van der Waals surface area (Å²) in [5.41, 5.74) is 1.55. The summed E-state index contributed by atoms with van der Waals surface area (Å²) in [6.45, 7) is 1.24. The number of nitrogens with one attached hydrogen (secondary N) is 1. The smallest absolute Gasteiger partial charge is 0.306 e. The zero-order valence-electron chi connectivity index (χ0n) is 16.8.